The van der Waals surface area contributed by atoms with Crippen LogP contribution in [0.2, 0.25) is 0 Å². The Kier molecular flexibility index (Phi) is 5.31. The summed E-state index contributed by atoms with van der Waals surface area (Å²) in [6.07, 6.45) is 12.3. The van der Waals surface area contributed by atoms with Crippen LogP contribution in [0.3, 0.4) is 0 Å². The lowest BCUT2D eigenvalue weighted by atomic mass is 10.2. The van der Waals surface area contributed by atoms with E-state index in [1.807, 2.05) is 42.5 Å². The van der Waals surface area contributed by atoms with Gasteiger partial charge in [0.05, 0.1) is 30.8 Å². The molecule has 8 heteroatoms. The van der Waals surface area contributed by atoms with Gasteiger partial charge in [-0.05, 0) is 26.8 Å². The Labute approximate surface area is 152 Å². The summed E-state index contributed by atoms with van der Waals surface area (Å²) in [6, 6.07) is 0. The van der Waals surface area contributed by atoms with Gasteiger partial charge in [-0.2, -0.15) is 15.3 Å². The van der Waals surface area contributed by atoms with E-state index in [4.69, 9.17) is 0 Å². The fourth-order valence-corrected chi connectivity index (χ4v) is 2.66. The van der Waals surface area contributed by atoms with Crippen molar-refractivity contribution in [3.8, 4) is 0 Å². The standard InChI is InChI=1S/C18H23N7O/c1-4-23-11-15(8-19-23)12-24-13-17(10-20-24)22-18(26)7-6-16-9-21-25(5-2)14(16)3/h6-11,13H,4-5,12H2,1-3H3,(H,22,26)/b7-6+. The monoisotopic (exact) mass is 353 g/mol. The zero-order valence-corrected chi connectivity index (χ0v) is 15.3. The van der Waals surface area contributed by atoms with E-state index < -0.39 is 0 Å². The lowest BCUT2D eigenvalue weighted by Gasteiger charge is -1.99. The summed E-state index contributed by atoms with van der Waals surface area (Å²) in [5.74, 6) is -0.202. The van der Waals surface area contributed by atoms with Crippen LogP contribution < -0.4 is 5.32 Å². The first-order valence-electron chi connectivity index (χ1n) is 8.64. The van der Waals surface area contributed by atoms with Crippen LogP contribution in [0, 0.1) is 6.92 Å². The maximum absolute atomic E-state index is 12.1. The second-order valence-electron chi connectivity index (χ2n) is 5.95. The van der Waals surface area contributed by atoms with Crippen molar-refractivity contribution in [2.75, 3.05) is 5.32 Å². The second kappa shape index (κ2) is 7.81. The molecule has 26 heavy (non-hydrogen) atoms. The SMILES string of the molecule is CCn1cc(Cn2cc(NC(=O)/C=C/c3cnn(CC)c3C)cn2)cn1. The third-order valence-corrected chi connectivity index (χ3v) is 4.11. The lowest BCUT2D eigenvalue weighted by Crippen LogP contribution is -2.07. The average molecular weight is 353 g/mol. The van der Waals surface area contributed by atoms with E-state index in [1.165, 1.54) is 6.08 Å². The Morgan fingerprint density at radius 2 is 1.88 bits per heavy atom. The molecule has 0 radical (unpaired) electrons. The minimum atomic E-state index is -0.202. The molecule has 0 aliphatic rings. The Balaban J connectivity index is 1.58. The van der Waals surface area contributed by atoms with E-state index in [1.54, 1.807) is 29.3 Å². The molecular weight excluding hydrogens is 330 g/mol. The molecule has 0 spiro atoms. The van der Waals surface area contributed by atoms with Crippen molar-refractivity contribution in [3.05, 3.63) is 53.9 Å². The Bertz CT molecular complexity index is 916. The van der Waals surface area contributed by atoms with Crippen LogP contribution in [0.15, 0.2) is 37.1 Å². The molecule has 0 aliphatic carbocycles. The molecule has 3 heterocycles. The quantitative estimate of drug-likeness (QED) is 0.661. The molecule has 1 amide bonds. The first-order chi connectivity index (χ1) is 12.6. The Morgan fingerprint density at radius 3 is 2.58 bits per heavy atom. The number of hydrogen-bond acceptors (Lipinski definition) is 4. The van der Waals surface area contributed by atoms with Gasteiger partial charge >= 0.3 is 0 Å². The van der Waals surface area contributed by atoms with Crippen molar-refractivity contribution in [1.29, 1.82) is 0 Å². The van der Waals surface area contributed by atoms with Gasteiger partial charge in [-0.25, -0.2) is 0 Å². The van der Waals surface area contributed by atoms with Gasteiger partial charge in [0.25, 0.3) is 0 Å². The Morgan fingerprint density at radius 1 is 1.08 bits per heavy atom. The fraction of sp³-hybridized carbons (Fsp3) is 0.333. The normalized spacial score (nSPS) is 11.3. The fourth-order valence-electron chi connectivity index (χ4n) is 2.66. The topological polar surface area (TPSA) is 82.6 Å². The number of amides is 1. The van der Waals surface area contributed by atoms with Crippen LogP contribution in [0.25, 0.3) is 6.08 Å². The van der Waals surface area contributed by atoms with Crippen molar-refractivity contribution in [3.63, 3.8) is 0 Å². The summed E-state index contributed by atoms with van der Waals surface area (Å²) in [5.41, 5.74) is 3.70. The number of carbonyl (C=O) groups is 1. The van der Waals surface area contributed by atoms with Crippen molar-refractivity contribution in [1.82, 2.24) is 29.3 Å². The minimum Gasteiger partial charge on any atom is -0.320 e. The van der Waals surface area contributed by atoms with Crippen molar-refractivity contribution < 1.29 is 4.79 Å². The second-order valence-corrected chi connectivity index (χ2v) is 5.95. The van der Waals surface area contributed by atoms with Gasteiger partial charge in [0.1, 0.15) is 0 Å². The molecule has 3 rings (SSSR count). The number of anilines is 1. The minimum absolute atomic E-state index is 0.202. The van der Waals surface area contributed by atoms with Gasteiger partial charge in [-0.15, -0.1) is 0 Å². The maximum atomic E-state index is 12.1. The highest BCUT2D eigenvalue weighted by atomic mass is 16.1. The van der Waals surface area contributed by atoms with Crippen LogP contribution in [0.4, 0.5) is 5.69 Å². The molecule has 0 unspecified atom stereocenters. The van der Waals surface area contributed by atoms with Crippen molar-refractivity contribution in [2.24, 2.45) is 0 Å². The third kappa shape index (κ3) is 4.08. The third-order valence-electron chi connectivity index (χ3n) is 4.11. The molecule has 136 valence electrons. The summed E-state index contributed by atoms with van der Waals surface area (Å²) in [5, 5.41) is 15.6. The van der Waals surface area contributed by atoms with Crippen LogP contribution in [0.1, 0.15) is 30.7 Å². The van der Waals surface area contributed by atoms with Crippen LogP contribution in [-0.4, -0.2) is 35.2 Å². The molecule has 0 saturated heterocycles. The molecule has 3 aromatic rings. The van der Waals surface area contributed by atoms with Gasteiger partial charge in [0.2, 0.25) is 5.91 Å². The van der Waals surface area contributed by atoms with Crippen molar-refractivity contribution >= 4 is 17.7 Å². The number of rotatable bonds is 7. The largest absolute Gasteiger partial charge is 0.320 e. The van der Waals surface area contributed by atoms with E-state index >= 15 is 0 Å². The van der Waals surface area contributed by atoms with E-state index in [-0.39, 0.29) is 5.91 Å². The highest BCUT2D eigenvalue weighted by Gasteiger charge is 2.05. The molecule has 0 aliphatic heterocycles. The van der Waals surface area contributed by atoms with Gasteiger partial charge in [-0.3, -0.25) is 18.8 Å². The summed E-state index contributed by atoms with van der Waals surface area (Å²) in [7, 11) is 0. The highest BCUT2D eigenvalue weighted by Crippen LogP contribution is 2.11. The first-order valence-corrected chi connectivity index (χ1v) is 8.64. The molecule has 0 atom stereocenters. The number of nitrogens with one attached hydrogen (secondary N) is 1. The highest BCUT2D eigenvalue weighted by molar-refractivity contribution is 6.01. The molecule has 8 nitrogen and oxygen atoms in total. The molecule has 0 bridgehead atoms. The molecule has 1 N–H and O–H groups in total. The lowest BCUT2D eigenvalue weighted by molar-refractivity contribution is -0.111. The van der Waals surface area contributed by atoms with Crippen LogP contribution >= 0.6 is 0 Å². The summed E-state index contributed by atoms with van der Waals surface area (Å²) < 4.78 is 5.53. The van der Waals surface area contributed by atoms with Gasteiger partial charge in [0.15, 0.2) is 0 Å². The summed E-state index contributed by atoms with van der Waals surface area (Å²) >= 11 is 0. The van der Waals surface area contributed by atoms with E-state index in [9.17, 15) is 4.79 Å². The Hall–Kier alpha value is -3.16. The molecule has 0 fully saturated rings. The van der Waals surface area contributed by atoms with Gasteiger partial charge < -0.3 is 5.32 Å². The number of aromatic nitrogens is 6. The van der Waals surface area contributed by atoms with Gasteiger partial charge in [-0.1, -0.05) is 0 Å². The van der Waals surface area contributed by atoms with E-state index in [0.29, 0.717) is 12.2 Å². The first kappa shape index (κ1) is 17.7. The molecule has 3 aromatic heterocycles. The smallest absolute Gasteiger partial charge is 0.248 e. The van der Waals surface area contributed by atoms with Crippen molar-refractivity contribution in [2.45, 2.75) is 40.4 Å². The zero-order valence-electron chi connectivity index (χ0n) is 15.3. The predicted molar refractivity (Wildman–Crippen MR) is 99.5 cm³/mol. The van der Waals surface area contributed by atoms with E-state index in [0.717, 1.165) is 29.9 Å². The number of aryl methyl sites for hydroxylation is 2. The predicted octanol–water partition coefficient (Wildman–Crippen LogP) is 2.32. The van der Waals surface area contributed by atoms with Gasteiger partial charge in [0, 0.05) is 48.4 Å². The molecule has 0 aromatic carbocycles. The van der Waals surface area contributed by atoms with Crippen LogP contribution in [0.5, 0.6) is 0 Å². The maximum Gasteiger partial charge on any atom is 0.248 e. The number of hydrogen-bond donors (Lipinski definition) is 1. The summed E-state index contributed by atoms with van der Waals surface area (Å²) in [4.78, 5) is 12.1. The summed E-state index contributed by atoms with van der Waals surface area (Å²) in [6.45, 7) is 8.32. The number of carbonyl (C=O) groups excluding carboxylic acids is 1. The zero-order chi connectivity index (χ0) is 18.5. The average Bonchev–Trinajstić information content (AvgIpc) is 3.34. The van der Waals surface area contributed by atoms with E-state index in [2.05, 4.69) is 20.6 Å². The molecule has 0 saturated carbocycles. The molecular formula is C18H23N7O. The number of nitrogens with zero attached hydrogens (tertiary/aromatic N) is 6. The van der Waals surface area contributed by atoms with Crippen LogP contribution in [-0.2, 0) is 24.4 Å².